The van der Waals surface area contributed by atoms with Crippen molar-refractivity contribution in [2.45, 2.75) is 13.3 Å². The molecule has 15 heavy (non-hydrogen) atoms. The molecule has 0 aromatic carbocycles. The van der Waals surface area contributed by atoms with Crippen LogP contribution in [0, 0.1) is 0 Å². The van der Waals surface area contributed by atoms with Crippen molar-refractivity contribution in [2.75, 3.05) is 6.54 Å². The van der Waals surface area contributed by atoms with Crippen LogP contribution in [0.4, 0.5) is 0 Å². The van der Waals surface area contributed by atoms with Gasteiger partial charge >= 0.3 is 0 Å². The summed E-state index contributed by atoms with van der Waals surface area (Å²) >= 11 is 0. The number of nitrogens with zero attached hydrogens (tertiary/aromatic N) is 2. The maximum atomic E-state index is 10.7. The molecule has 4 heteroatoms. The Hall–Kier alpha value is -1.84. The van der Waals surface area contributed by atoms with E-state index >= 15 is 0 Å². The van der Waals surface area contributed by atoms with Crippen LogP contribution in [0.5, 0.6) is 0 Å². The Kier molecular flexibility index (Phi) is 2.67. The van der Waals surface area contributed by atoms with Crippen LogP contribution in [-0.2, 0) is 11.2 Å². The fourth-order valence-corrected chi connectivity index (χ4v) is 1.55. The van der Waals surface area contributed by atoms with Gasteiger partial charge in [-0.15, -0.1) is 0 Å². The predicted molar refractivity (Wildman–Crippen MR) is 57.6 cm³/mol. The lowest BCUT2D eigenvalue weighted by Crippen LogP contribution is -2.22. The van der Waals surface area contributed by atoms with Gasteiger partial charge in [-0.25, -0.2) is 4.52 Å². The van der Waals surface area contributed by atoms with Crippen molar-refractivity contribution in [1.29, 1.82) is 0 Å². The van der Waals surface area contributed by atoms with Gasteiger partial charge in [0.2, 0.25) is 5.91 Å². The Bertz CT molecular complexity index is 475. The van der Waals surface area contributed by atoms with Crippen LogP contribution in [0.15, 0.2) is 30.6 Å². The highest BCUT2D eigenvalue weighted by molar-refractivity contribution is 5.72. The standard InChI is InChI=1S/C11H13N3O/c1-9(15)12-6-5-10-8-13-14-7-3-2-4-11(10)14/h2-4,7-8H,5-6H2,1H3,(H,12,15). The molecule has 0 atom stereocenters. The number of pyridine rings is 1. The second-order valence-corrected chi connectivity index (χ2v) is 3.43. The Morgan fingerprint density at radius 3 is 3.20 bits per heavy atom. The molecule has 4 nitrogen and oxygen atoms in total. The number of carbonyl (C=O) groups is 1. The van der Waals surface area contributed by atoms with Crippen LogP contribution in [0.3, 0.4) is 0 Å². The molecule has 0 saturated carbocycles. The molecular weight excluding hydrogens is 190 g/mol. The summed E-state index contributed by atoms with van der Waals surface area (Å²) in [6, 6.07) is 5.95. The number of fused-ring (bicyclic) bond motifs is 1. The molecule has 1 N–H and O–H groups in total. The molecule has 0 fully saturated rings. The summed E-state index contributed by atoms with van der Waals surface area (Å²) in [6.45, 7) is 2.18. The molecule has 0 saturated heterocycles. The van der Waals surface area contributed by atoms with Gasteiger partial charge in [-0.2, -0.15) is 5.10 Å². The van der Waals surface area contributed by atoms with E-state index in [0.29, 0.717) is 6.54 Å². The fourth-order valence-electron chi connectivity index (χ4n) is 1.55. The highest BCUT2D eigenvalue weighted by Gasteiger charge is 2.02. The molecule has 0 radical (unpaired) electrons. The Morgan fingerprint density at radius 1 is 1.53 bits per heavy atom. The van der Waals surface area contributed by atoms with Crippen molar-refractivity contribution >= 4 is 11.4 Å². The number of aromatic nitrogens is 2. The first-order valence-electron chi connectivity index (χ1n) is 4.93. The Balaban J connectivity index is 2.11. The number of carbonyl (C=O) groups excluding carboxylic acids is 1. The van der Waals surface area contributed by atoms with Crippen LogP contribution in [0.1, 0.15) is 12.5 Å². The summed E-state index contributed by atoms with van der Waals surface area (Å²) in [7, 11) is 0. The summed E-state index contributed by atoms with van der Waals surface area (Å²) < 4.78 is 1.84. The minimum Gasteiger partial charge on any atom is -0.356 e. The van der Waals surface area contributed by atoms with Gasteiger partial charge in [-0.05, 0) is 24.1 Å². The van der Waals surface area contributed by atoms with Gasteiger partial charge in [0.25, 0.3) is 0 Å². The predicted octanol–water partition coefficient (Wildman–Crippen LogP) is 1.01. The normalized spacial score (nSPS) is 10.5. The number of amides is 1. The summed E-state index contributed by atoms with van der Waals surface area (Å²) in [6.07, 6.45) is 4.57. The van der Waals surface area contributed by atoms with Crippen LogP contribution in [-0.4, -0.2) is 22.1 Å². The second-order valence-electron chi connectivity index (χ2n) is 3.43. The Labute approximate surface area is 87.9 Å². The van der Waals surface area contributed by atoms with Crippen molar-refractivity contribution in [3.05, 3.63) is 36.2 Å². The van der Waals surface area contributed by atoms with Crippen LogP contribution in [0.2, 0.25) is 0 Å². The van der Waals surface area contributed by atoms with Crippen LogP contribution >= 0.6 is 0 Å². The van der Waals surface area contributed by atoms with Crippen molar-refractivity contribution in [3.63, 3.8) is 0 Å². The van der Waals surface area contributed by atoms with E-state index in [2.05, 4.69) is 10.4 Å². The van der Waals surface area contributed by atoms with Gasteiger partial charge in [0.1, 0.15) is 0 Å². The zero-order chi connectivity index (χ0) is 10.7. The van der Waals surface area contributed by atoms with Crippen LogP contribution in [0.25, 0.3) is 5.52 Å². The maximum absolute atomic E-state index is 10.7. The van der Waals surface area contributed by atoms with Crippen LogP contribution < -0.4 is 5.32 Å². The molecule has 0 aliphatic rings. The minimum absolute atomic E-state index is 0.00599. The third-order valence-corrected chi connectivity index (χ3v) is 2.27. The van der Waals surface area contributed by atoms with Gasteiger partial charge in [0.15, 0.2) is 0 Å². The number of nitrogens with one attached hydrogen (secondary N) is 1. The smallest absolute Gasteiger partial charge is 0.216 e. The molecular formula is C11H13N3O. The van der Waals surface area contributed by atoms with Gasteiger partial charge in [0.05, 0.1) is 11.7 Å². The highest BCUT2D eigenvalue weighted by Crippen LogP contribution is 2.09. The lowest BCUT2D eigenvalue weighted by atomic mass is 10.2. The number of hydrogen-bond acceptors (Lipinski definition) is 2. The van der Waals surface area contributed by atoms with E-state index in [-0.39, 0.29) is 5.91 Å². The molecule has 1 amide bonds. The SMILES string of the molecule is CC(=O)NCCc1cnn2ccccc12. The monoisotopic (exact) mass is 203 g/mol. The third-order valence-electron chi connectivity index (χ3n) is 2.27. The zero-order valence-electron chi connectivity index (χ0n) is 8.60. The molecule has 0 bridgehead atoms. The van der Waals surface area contributed by atoms with Crippen molar-refractivity contribution in [3.8, 4) is 0 Å². The quantitative estimate of drug-likeness (QED) is 0.809. The molecule has 2 aromatic rings. The van der Waals surface area contributed by atoms with E-state index in [4.69, 9.17) is 0 Å². The van der Waals surface area contributed by atoms with E-state index in [1.54, 1.807) is 0 Å². The molecule has 0 aliphatic heterocycles. The summed E-state index contributed by atoms with van der Waals surface area (Å²) in [5, 5.41) is 6.99. The Morgan fingerprint density at radius 2 is 2.40 bits per heavy atom. The van der Waals surface area contributed by atoms with Crippen molar-refractivity contribution in [1.82, 2.24) is 14.9 Å². The van der Waals surface area contributed by atoms with Gasteiger partial charge in [-0.1, -0.05) is 6.07 Å². The molecule has 2 heterocycles. The van der Waals surface area contributed by atoms with E-state index in [0.717, 1.165) is 17.5 Å². The third kappa shape index (κ3) is 2.15. The van der Waals surface area contributed by atoms with E-state index in [9.17, 15) is 4.79 Å². The lowest BCUT2D eigenvalue weighted by molar-refractivity contribution is -0.118. The topological polar surface area (TPSA) is 46.4 Å². The zero-order valence-corrected chi connectivity index (χ0v) is 8.60. The first-order valence-corrected chi connectivity index (χ1v) is 4.93. The molecule has 0 spiro atoms. The van der Waals surface area contributed by atoms with E-state index in [1.807, 2.05) is 35.1 Å². The summed E-state index contributed by atoms with van der Waals surface area (Å²) in [5.41, 5.74) is 2.26. The average Bonchev–Trinajstić information content (AvgIpc) is 2.62. The summed E-state index contributed by atoms with van der Waals surface area (Å²) in [4.78, 5) is 10.7. The molecule has 2 rings (SSSR count). The van der Waals surface area contributed by atoms with Crippen molar-refractivity contribution < 1.29 is 4.79 Å². The van der Waals surface area contributed by atoms with Crippen molar-refractivity contribution in [2.24, 2.45) is 0 Å². The highest BCUT2D eigenvalue weighted by atomic mass is 16.1. The maximum Gasteiger partial charge on any atom is 0.216 e. The van der Waals surface area contributed by atoms with E-state index < -0.39 is 0 Å². The van der Waals surface area contributed by atoms with Gasteiger partial charge in [0, 0.05) is 19.7 Å². The minimum atomic E-state index is 0.00599. The number of hydrogen-bond donors (Lipinski definition) is 1. The van der Waals surface area contributed by atoms with Gasteiger partial charge < -0.3 is 5.32 Å². The first-order chi connectivity index (χ1) is 7.27. The molecule has 0 unspecified atom stereocenters. The summed E-state index contributed by atoms with van der Waals surface area (Å²) in [5.74, 6) is 0.00599. The van der Waals surface area contributed by atoms with E-state index in [1.165, 1.54) is 6.92 Å². The fraction of sp³-hybridized carbons (Fsp3) is 0.273. The molecule has 0 aliphatic carbocycles. The lowest BCUT2D eigenvalue weighted by Gasteiger charge is -2.00. The second kappa shape index (κ2) is 4.13. The van der Waals surface area contributed by atoms with Gasteiger partial charge in [-0.3, -0.25) is 4.79 Å². The molecule has 2 aromatic heterocycles. The number of rotatable bonds is 3. The molecule has 78 valence electrons. The average molecular weight is 203 g/mol. The first kappa shape index (κ1) is 9.71. The largest absolute Gasteiger partial charge is 0.356 e.